The van der Waals surface area contributed by atoms with Gasteiger partial charge in [-0.3, -0.25) is 9.59 Å². The number of amides is 2. The van der Waals surface area contributed by atoms with Crippen LogP contribution in [0.3, 0.4) is 0 Å². The summed E-state index contributed by atoms with van der Waals surface area (Å²) in [5.74, 6) is 0.898. The first kappa shape index (κ1) is 26.8. The molecule has 2 aromatic rings. The van der Waals surface area contributed by atoms with Crippen LogP contribution in [0.4, 0.5) is 0 Å². The second-order valence-electron chi connectivity index (χ2n) is 7.63. The number of hydrogen-bond donors (Lipinski definition) is 1. The Kier molecular flexibility index (Phi) is 10.8. The van der Waals surface area contributed by atoms with E-state index in [1.807, 2.05) is 32.0 Å². The molecule has 0 saturated carbocycles. The lowest BCUT2D eigenvalue weighted by molar-refractivity contribution is -0.141. The Morgan fingerprint density at radius 3 is 2.27 bits per heavy atom. The predicted octanol–water partition coefficient (Wildman–Crippen LogP) is 5.28. The number of carbonyl (C=O) groups excluding carboxylic acids is 2. The molecule has 0 fully saturated rings. The largest absolute Gasteiger partial charge is 0.493 e. The third-order valence-electron chi connectivity index (χ3n) is 5.40. The number of aryl methyl sites for hydroxylation is 1. The van der Waals surface area contributed by atoms with E-state index in [9.17, 15) is 9.59 Å². The molecule has 33 heavy (non-hydrogen) atoms. The molecule has 2 rings (SSSR count). The Morgan fingerprint density at radius 1 is 1.03 bits per heavy atom. The van der Waals surface area contributed by atoms with Gasteiger partial charge >= 0.3 is 0 Å². The number of benzene rings is 2. The molecule has 0 radical (unpaired) electrons. The first-order chi connectivity index (χ1) is 15.9. The highest BCUT2D eigenvalue weighted by Crippen LogP contribution is 2.29. The van der Waals surface area contributed by atoms with Crippen molar-refractivity contribution < 1.29 is 19.1 Å². The van der Waals surface area contributed by atoms with E-state index in [0.717, 1.165) is 12.0 Å². The second-order valence-corrected chi connectivity index (χ2v) is 8.44. The number of nitrogens with one attached hydrogen (secondary N) is 1. The molecule has 2 amide bonds. The van der Waals surface area contributed by atoms with Gasteiger partial charge in [-0.25, -0.2) is 0 Å². The van der Waals surface area contributed by atoms with E-state index in [0.29, 0.717) is 46.5 Å². The Hall–Kier alpha value is -2.44. The van der Waals surface area contributed by atoms with Crippen LogP contribution in [0.25, 0.3) is 0 Å². The van der Waals surface area contributed by atoms with Crippen molar-refractivity contribution in [1.82, 2.24) is 10.2 Å². The molecule has 0 saturated heterocycles. The fourth-order valence-electron chi connectivity index (χ4n) is 3.57. The van der Waals surface area contributed by atoms with Gasteiger partial charge < -0.3 is 19.7 Å². The highest BCUT2D eigenvalue weighted by atomic mass is 35.5. The summed E-state index contributed by atoms with van der Waals surface area (Å²) in [5.41, 5.74) is 1.56. The monoisotopic (exact) mass is 494 g/mol. The molecule has 1 atom stereocenters. The molecular weight excluding hydrogens is 463 g/mol. The molecule has 0 aliphatic rings. The molecule has 2 aromatic carbocycles. The van der Waals surface area contributed by atoms with Crippen LogP contribution in [0, 0.1) is 0 Å². The summed E-state index contributed by atoms with van der Waals surface area (Å²) in [5, 5.41) is 3.83. The maximum atomic E-state index is 13.4. The molecule has 180 valence electrons. The molecule has 0 spiro atoms. The second kappa shape index (κ2) is 13.3. The zero-order valence-electron chi connectivity index (χ0n) is 19.6. The summed E-state index contributed by atoms with van der Waals surface area (Å²) in [6, 6.07) is 10.2. The van der Waals surface area contributed by atoms with Gasteiger partial charge in [0.25, 0.3) is 0 Å². The lowest BCUT2D eigenvalue weighted by Gasteiger charge is -2.31. The van der Waals surface area contributed by atoms with E-state index in [-0.39, 0.29) is 24.8 Å². The average Bonchev–Trinajstić information content (AvgIpc) is 2.82. The minimum Gasteiger partial charge on any atom is -0.493 e. The molecule has 0 heterocycles. The van der Waals surface area contributed by atoms with Crippen LogP contribution < -0.4 is 14.8 Å². The van der Waals surface area contributed by atoms with Gasteiger partial charge in [0.1, 0.15) is 6.04 Å². The zero-order chi connectivity index (χ0) is 24.4. The van der Waals surface area contributed by atoms with Crippen molar-refractivity contribution in [2.75, 3.05) is 20.8 Å². The highest BCUT2D eigenvalue weighted by Gasteiger charge is 2.29. The number of ether oxygens (including phenoxy) is 2. The van der Waals surface area contributed by atoms with Crippen molar-refractivity contribution in [2.45, 2.75) is 52.1 Å². The SMILES string of the molecule is CCCNC(=O)C(CC)N(Cc1c(Cl)cccc1Cl)C(=O)CCc1ccc(OC)c(OC)c1. The molecule has 1 N–H and O–H groups in total. The summed E-state index contributed by atoms with van der Waals surface area (Å²) >= 11 is 12.8. The van der Waals surface area contributed by atoms with Crippen LogP contribution in [0.5, 0.6) is 11.5 Å². The number of nitrogens with zero attached hydrogens (tertiary/aromatic N) is 1. The van der Waals surface area contributed by atoms with Gasteiger partial charge in [-0.15, -0.1) is 0 Å². The highest BCUT2D eigenvalue weighted by molar-refractivity contribution is 6.36. The van der Waals surface area contributed by atoms with Crippen LogP contribution in [0.15, 0.2) is 36.4 Å². The smallest absolute Gasteiger partial charge is 0.242 e. The van der Waals surface area contributed by atoms with E-state index in [1.165, 1.54) is 0 Å². The van der Waals surface area contributed by atoms with Crippen molar-refractivity contribution in [3.63, 3.8) is 0 Å². The Labute approximate surface area is 206 Å². The fourth-order valence-corrected chi connectivity index (χ4v) is 4.09. The zero-order valence-corrected chi connectivity index (χ0v) is 21.1. The number of carbonyl (C=O) groups is 2. The Morgan fingerprint density at radius 2 is 1.70 bits per heavy atom. The minimum absolute atomic E-state index is 0.153. The summed E-state index contributed by atoms with van der Waals surface area (Å²) in [6.07, 6.45) is 1.99. The molecule has 8 heteroatoms. The van der Waals surface area contributed by atoms with Crippen LogP contribution in [-0.4, -0.2) is 43.5 Å². The molecule has 0 aliphatic carbocycles. The van der Waals surface area contributed by atoms with Crippen LogP contribution in [0.1, 0.15) is 44.2 Å². The number of rotatable bonds is 12. The summed E-state index contributed by atoms with van der Waals surface area (Å²) in [7, 11) is 3.15. The van der Waals surface area contributed by atoms with Gasteiger partial charge in [-0.05, 0) is 49.1 Å². The van der Waals surface area contributed by atoms with E-state index in [1.54, 1.807) is 37.3 Å². The first-order valence-electron chi connectivity index (χ1n) is 11.1. The van der Waals surface area contributed by atoms with Gasteiger partial charge in [0.15, 0.2) is 11.5 Å². The van der Waals surface area contributed by atoms with Crippen molar-refractivity contribution in [1.29, 1.82) is 0 Å². The minimum atomic E-state index is -0.623. The topological polar surface area (TPSA) is 67.9 Å². The molecule has 1 unspecified atom stereocenters. The maximum Gasteiger partial charge on any atom is 0.242 e. The Bertz CT molecular complexity index is 932. The van der Waals surface area contributed by atoms with E-state index in [2.05, 4.69) is 5.32 Å². The number of halogens is 2. The van der Waals surface area contributed by atoms with Gasteiger partial charge in [-0.2, -0.15) is 0 Å². The van der Waals surface area contributed by atoms with E-state index < -0.39 is 6.04 Å². The lowest BCUT2D eigenvalue weighted by Crippen LogP contribution is -2.49. The van der Waals surface area contributed by atoms with Crippen molar-refractivity contribution >= 4 is 35.0 Å². The van der Waals surface area contributed by atoms with Crippen molar-refractivity contribution in [3.8, 4) is 11.5 Å². The summed E-state index contributed by atoms with van der Waals surface area (Å²) in [4.78, 5) is 27.9. The van der Waals surface area contributed by atoms with Gasteiger partial charge in [0.05, 0.1) is 14.2 Å². The van der Waals surface area contributed by atoms with Crippen LogP contribution >= 0.6 is 23.2 Å². The number of methoxy groups -OCH3 is 2. The van der Waals surface area contributed by atoms with Crippen LogP contribution in [0.2, 0.25) is 10.0 Å². The molecule has 6 nitrogen and oxygen atoms in total. The molecule has 0 aliphatic heterocycles. The lowest BCUT2D eigenvalue weighted by atomic mass is 10.1. The fraction of sp³-hybridized carbons (Fsp3) is 0.440. The maximum absolute atomic E-state index is 13.4. The standard InChI is InChI=1S/C25H32Cl2N2O4/c1-5-14-28-25(31)21(6-2)29(16-18-19(26)8-7-9-20(18)27)24(30)13-11-17-10-12-22(32-3)23(15-17)33-4/h7-10,12,15,21H,5-6,11,13-14,16H2,1-4H3,(H,28,31). The first-order valence-corrected chi connectivity index (χ1v) is 11.8. The quantitative estimate of drug-likeness (QED) is 0.435. The Balaban J connectivity index is 2.27. The molecular formula is C25H32Cl2N2O4. The van der Waals surface area contributed by atoms with Gasteiger partial charge in [0.2, 0.25) is 11.8 Å². The van der Waals surface area contributed by atoms with Crippen LogP contribution in [-0.2, 0) is 22.6 Å². The third kappa shape index (κ3) is 7.27. The van der Waals surface area contributed by atoms with Crippen molar-refractivity contribution in [3.05, 3.63) is 57.6 Å². The molecule has 0 aromatic heterocycles. The summed E-state index contributed by atoms with van der Waals surface area (Å²) in [6.45, 7) is 4.58. The predicted molar refractivity (Wildman–Crippen MR) is 132 cm³/mol. The van der Waals surface area contributed by atoms with Crippen molar-refractivity contribution in [2.24, 2.45) is 0 Å². The van der Waals surface area contributed by atoms with E-state index in [4.69, 9.17) is 32.7 Å². The average molecular weight is 495 g/mol. The summed E-state index contributed by atoms with van der Waals surface area (Å²) < 4.78 is 10.6. The van der Waals surface area contributed by atoms with Gasteiger partial charge in [-0.1, -0.05) is 49.2 Å². The molecule has 0 bridgehead atoms. The number of hydrogen-bond acceptors (Lipinski definition) is 4. The van der Waals surface area contributed by atoms with E-state index >= 15 is 0 Å². The normalized spacial score (nSPS) is 11.6. The van der Waals surface area contributed by atoms with Gasteiger partial charge in [0, 0.05) is 35.1 Å². The third-order valence-corrected chi connectivity index (χ3v) is 6.11.